The second-order valence-electron chi connectivity index (χ2n) is 5.98. The number of benzene rings is 2. The van der Waals surface area contributed by atoms with Crippen molar-refractivity contribution < 1.29 is 0 Å². The van der Waals surface area contributed by atoms with Crippen LogP contribution in [0.15, 0.2) is 60.7 Å². The molecule has 22 heavy (non-hydrogen) atoms. The highest BCUT2D eigenvalue weighted by Gasteiger charge is 2.21. The molecule has 2 aromatic carbocycles. The molecule has 2 heteroatoms. The van der Waals surface area contributed by atoms with Gasteiger partial charge in [-0.3, -0.25) is 0 Å². The van der Waals surface area contributed by atoms with E-state index in [1.165, 1.54) is 23.8 Å². The van der Waals surface area contributed by atoms with Crippen LogP contribution in [0.3, 0.4) is 0 Å². The van der Waals surface area contributed by atoms with Gasteiger partial charge in [-0.25, -0.2) is 4.98 Å². The lowest BCUT2D eigenvalue weighted by Crippen LogP contribution is -2.33. The minimum Gasteiger partial charge on any atom is -0.370 e. The van der Waals surface area contributed by atoms with Gasteiger partial charge in [0, 0.05) is 18.5 Å². The standard InChI is InChI=1S/C20H19N2/c1-2-6-16(7-3-1)17-10-12-22(13-11-17)19-14-18-8-4-5-9-20(18)21-15-19/h1-9,14,17H,10-13H2. The number of para-hydroxylation sites is 1. The van der Waals surface area contributed by atoms with E-state index < -0.39 is 0 Å². The summed E-state index contributed by atoms with van der Waals surface area (Å²) in [7, 11) is 0. The van der Waals surface area contributed by atoms with E-state index in [2.05, 4.69) is 64.6 Å². The molecule has 0 bridgehead atoms. The zero-order valence-electron chi connectivity index (χ0n) is 12.6. The molecule has 2 heterocycles. The van der Waals surface area contributed by atoms with Crippen molar-refractivity contribution in [3.63, 3.8) is 0 Å². The topological polar surface area (TPSA) is 16.1 Å². The summed E-state index contributed by atoms with van der Waals surface area (Å²) in [5, 5.41) is 1.20. The molecule has 0 aliphatic carbocycles. The fraction of sp³-hybridized carbons (Fsp3) is 0.250. The molecule has 1 aliphatic heterocycles. The summed E-state index contributed by atoms with van der Waals surface area (Å²) in [5.41, 5.74) is 3.62. The molecule has 1 saturated heterocycles. The highest BCUT2D eigenvalue weighted by atomic mass is 15.1. The van der Waals surface area contributed by atoms with Crippen LogP contribution >= 0.6 is 0 Å². The maximum absolute atomic E-state index is 4.47. The zero-order valence-corrected chi connectivity index (χ0v) is 12.6. The Labute approximate surface area is 131 Å². The zero-order chi connectivity index (χ0) is 14.8. The van der Waals surface area contributed by atoms with E-state index in [4.69, 9.17) is 0 Å². The maximum Gasteiger partial charge on any atom is 0.115 e. The molecule has 1 radical (unpaired) electrons. The van der Waals surface area contributed by atoms with Crippen LogP contribution in [0.25, 0.3) is 10.9 Å². The molecule has 109 valence electrons. The van der Waals surface area contributed by atoms with Gasteiger partial charge in [-0.15, -0.1) is 0 Å². The van der Waals surface area contributed by atoms with Gasteiger partial charge in [-0.1, -0.05) is 48.5 Å². The van der Waals surface area contributed by atoms with Crippen molar-refractivity contribution in [2.75, 3.05) is 18.0 Å². The van der Waals surface area contributed by atoms with Gasteiger partial charge in [0.05, 0.1) is 11.2 Å². The minimum absolute atomic E-state index is 0.686. The smallest absolute Gasteiger partial charge is 0.115 e. The van der Waals surface area contributed by atoms with Crippen molar-refractivity contribution in [3.05, 3.63) is 72.4 Å². The fourth-order valence-corrected chi connectivity index (χ4v) is 3.35. The summed E-state index contributed by atoms with van der Waals surface area (Å²) in [6, 6.07) is 21.3. The summed E-state index contributed by atoms with van der Waals surface area (Å²) in [6.45, 7) is 2.16. The van der Waals surface area contributed by atoms with Crippen LogP contribution in [0.5, 0.6) is 0 Å². The molecule has 4 rings (SSSR count). The number of anilines is 1. The van der Waals surface area contributed by atoms with E-state index >= 15 is 0 Å². The van der Waals surface area contributed by atoms with E-state index in [-0.39, 0.29) is 0 Å². The molecule has 0 atom stereocenters. The third-order valence-corrected chi connectivity index (χ3v) is 4.63. The lowest BCUT2D eigenvalue weighted by atomic mass is 9.89. The van der Waals surface area contributed by atoms with Crippen LogP contribution in [-0.4, -0.2) is 18.1 Å². The van der Waals surface area contributed by atoms with Crippen LogP contribution in [0.2, 0.25) is 0 Å². The number of aromatic nitrogens is 1. The summed E-state index contributed by atoms with van der Waals surface area (Å²) < 4.78 is 0. The van der Waals surface area contributed by atoms with Crippen molar-refractivity contribution in [3.8, 4) is 0 Å². The molecule has 1 aromatic heterocycles. The van der Waals surface area contributed by atoms with E-state index in [9.17, 15) is 0 Å². The lowest BCUT2D eigenvalue weighted by Gasteiger charge is -2.33. The molecule has 0 N–H and O–H groups in total. The third-order valence-electron chi connectivity index (χ3n) is 4.63. The van der Waals surface area contributed by atoms with Crippen molar-refractivity contribution in [2.45, 2.75) is 18.8 Å². The maximum atomic E-state index is 4.47. The average Bonchev–Trinajstić information content (AvgIpc) is 2.62. The van der Waals surface area contributed by atoms with Crippen LogP contribution in [-0.2, 0) is 0 Å². The van der Waals surface area contributed by atoms with Gasteiger partial charge in [-0.2, -0.15) is 0 Å². The SMILES string of the molecule is [c]1nc2ccccc2cc1N1CCC(c2ccccc2)CC1. The fourth-order valence-electron chi connectivity index (χ4n) is 3.35. The summed E-state index contributed by atoms with van der Waals surface area (Å²) >= 11 is 0. The lowest BCUT2D eigenvalue weighted by molar-refractivity contribution is 0.505. The second kappa shape index (κ2) is 5.80. The first-order chi connectivity index (χ1) is 10.9. The number of pyridine rings is 1. The molecule has 2 nitrogen and oxygen atoms in total. The van der Waals surface area contributed by atoms with Gasteiger partial charge in [0.15, 0.2) is 0 Å². The van der Waals surface area contributed by atoms with Crippen LogP contribution in [0, 0.1) is 6.20 Å². The Morgan fingerprint density at radius 3 is 2.45 bits per heavy atom. The highest BCUT2D eigenvalue weighted by Crippen LogP contribution is 2.30. The Balaban J connectivity index is 1.50. The predicted octanol–water partition coefficient (Wildman–Crippen LogP) is 4.42. The average molecular weight is 287 g/mol. The first kappa shape index (κ1) is 13.3. The van der Waals surface area contributed by atoms with Crippen LogP contribution in [0.4, 0.5) is 5.69 Å². The van der Waals surface area contributed by atoms with Gasteiger partial charge in [0.25, 0.3) is 0 Å². The molecule has 0 saturated carbocycles. The first-order valence-electron chi connectivity index (χ1n) is 7.97. The molecule has 0 unspecified atom stereocenters. The van der Waals surface area contributed by atoms with Gasteiger partial charge in [0.1, 0.15) is 6.20 Å². The molecule has 0 amide bonds. The van der Waals surface area contributed by atoms with Gasteiger partial charge >= 0.3 is 0 Å². The Morgan fingerprint density at radius 1 is 0.909 bits per heavy atom. The van der Waals surface area contributed by atoms with Crippen molar-refractivity contribution in [2.24, 2.45) is 0 Å². The first-order valence-corrected chi connectivity index (χ1v) is 7.97. The number of rotatable bonds is 2. The van der Waals surface area contributed by atoms with E-state index in [0.29, 0.717) is 5.92 Å². The van der Waals surface area contributed by atoms with Crippen molar-refractivity contribution in [1.29, 1.82) is 0 Å². The van der Waals surface area contributed by atoms with Crippen LogP contribution in [0.1, 0.15) is 24.3 Å². The Morgan fingerprint density at radius 2 is 1.64 bits per heavy atom. The normalized spacial score (nSPS) is 16.1. The highest BCUT2D eigenvalue weighted by molar-refractivity contribution is 5.81. The predicted molar refractivity (Wildman–Crippen MR) is 91.2 cm³/mol. The van der Waals surface area contributed by atoms with E-state index in [0.717, 1.165) is 24.3 Å². The van der Waals surface area contributed by atoms with Crippen LogP contribution < -0.4 is 4.90 Å². The number of nitrogens with zero attached hydrogens (tertiary/aromatic N) is 2. The number of piperidine rings is 1. The van der Waals surface area contributed by atoms with E-state index in [1.807, 2.05) is 12.1 Å². The van der Waals surface area contributed by atoms with E-state index in [1.54, 1.807) is 0 Å². The molecule has 1 aliphatic rings. The number of hydrogen-bond donors (Lipinski definition) is 0. The number of hydrogen-bond acceptors (Lipinski definition) is 2. The monoisotopic (exact) mass is 287 g/mol. The molecule has 0 spiro atoms. The molecule has 1 fully saturated rings. The van der Waals surface area contributed by atoms with Crippen molar-refractivity contribution >= 4 is 16.6 Å². The van der Waals surface area contributed by atoms with Crippen molar-refractivity contribution in [1.82, 2.24) is 4.98 Å². The molecular weight excluding hydrogens is 268 g/mol. The number of fused-ring (bicyclic) bond motifs is 1. The van der Waals surface area contributed by atoms with Gasteiger partial charge in [-0.05, 0) is 36.5 Å². The quantitative estimate of drug-likeness (QED) is 0.693. The summed E-state index contributed by atoms with van der Waals surface area (Å²) in [5.74, 6) is 0.686. The van der Waals surface area contributed by atoms with Gasteiger partial charge < -0.3 is 4.90 Å². The minimum atomic E-state index is 0.686. The largest absolute Gasteiger partial charge is 0.370 e. The third kappa shape index (κ3) is 2.57. The molecular formula is C20H19N2. The summed E-state index contributed by atoms with van der Waals surface area (Å²) in [6.07, 6.45) is 5.61. The molecule has 3 aromatic rings. The second-order valence-corrected chi connectivity index (χ2v) is 5.98. The Kier molecular flexibility index (Phi) is 3.51. The Bertz CT molecular complexity index is 759. The van der Waals surface area contributed by atoms with Gasteiger partial charge in [0.2, 0.25) is 0 Å². The Hall–Kier alpha value is -2.35. The summed E-state index contributed by atoms with van der Waals surface area (Å²) in [4.78, 5) is 6.88.